The Labute approximate surface area is 158 Å². The summed E-state index contributed by atoms with van der Waals surface area (Å²) in [7, 11) is 4.14. The number of aromatic nitrogens is 1. The van der Waals surface area contributed by atoms with Gasteiger partial charge in [0.1, 0.15) is 0 Å². The van der Waals surface area contributed by atoms with Crippen LogP contribution in [0.25, 0.3) is 0 Å². The highest BCUT2D eigenvalue weighted by atomic mass is 16.5. The lowest BCUT2D eigenvalue weighted by molar-refractivity contribution is -0.143. The molecule has 6 nitrogen and oxygen atoms in total. The first-order valence-corrected chi connectivity index (χ1v) is 9.83. The predicted molar refractivity (Wildman–Crippen MR) is 107 cm³/mol. The summed E-state index contributed by atoms with van der Waals surface area (Å²) in [5.74, 6) is 0.879. The van der Waals surface area contributed by atoms with Crippen LogP contribution in [0.5, 0.6) is 0 Å². The minimum absolute atomic E-state index is 0.0753. The Balaban J connectivity index is 2.25. The Morgan fingerprint density at radius 2 is 1.96 bits per heavy atom. The van der Waals surface area contributed by atoms with E-state index in [1.807, 2.05) is 6.92 Å². The number of esters is 1. The van der Waals surface area contributed by atoms with Crippen LogP contribution < -0.4 is 5.32 Å². The Kier molecular flexibility index (Phi) is 11.2. The first kappa shape index (κ1) is 22.1. The van der Waals surface area contributed by atoms with E-state index in [-0.39, 0.29) is 5.97 Å². The van der Waals surface area contributed by atoms with E-state index in [0.29, 0.717) is 13.0 Å². The van der Waals surface area contributed by atoms with Gasteiger partial charge in [-0.1, -0.05) is 19.3 Å². The molecule has 0 saturated heterocycles. The van der Waals surface area contributed by atoms with Gasteiger partial charge in [0.25, 0.3) is 0 Å². The highest BCUT2D eigenvalue weighted by Crippen LogP contribution is 2.07. The zero-order valence-corrected chi connectivity index (χ0v) is 17.0. The number of carbonyl (C=O) groups excluding carboxylic acids is 1. The van der Waals surface area contributed by atoms with Gasteiger partial charge < -0.3 is 19.5 Å². The molecule has 0 atom stereocenters. The minimum Gasteiger partial charge on any atom is -0.466 e. The lowest BCUT2D eigenvalue weighted by Gasteiger charge is -2.22. The van der Waals surface area contributed by atoms with Crippen LogP contribution in [0.4, 0.5) is 0 Å². The van der Waals surface area contributed by atoms with Gasteiger partial charge in [-0.3, -0.25) is 9.79 Å². The van der Waals surface area contributed by atoms with Crippen LogP contribution in [0.3, 0.4) is 0 Å². The third-order valence-electron chi connectivity index (χ3n) is 4.25. The maximum absolute atomic E-state index is 11.3. The highest BCUT2D eigenvalue weighted by molar-refractivity contribution is 5.79. The van der Waals surface area contributed by atoms with Crippen LogP contribution in [0, 0.1) is 0 Å². The summed E-state index contributed by atoms with van der Waals surface area (Å²) in [5.41, 5.74) is 1.26. The van der Waals surface area contributed by atoms with E-state index in [4.69, 9.17) is 9.73 Å². The molecular weight excluding hydrogens is 328 g/mol. The van der Waals surface area contributed by atoms with E-state index in [2.05, 4.69) is 54.1 Å². The molecule has 0 radical (unpaired) electrons. The van der Waals surface area contributed by atoms with Gasteiger partial charge in [-0.15, -0.1) is 0 Å². The quantitative estimate of drug-likeness (QED) is 0.267. The number of guanidine groups is 1. The summed E-state index contributed by atoms with van der Waals surface area (Å²) in [6, 6.07) is 4.20. The van der Waals surface area contributed by atoms with Crippen molar-refractivity contribution in [2.24, 2.45) is 12.0 Å². The van der Waals surface area contributed by atoms with Gasteiger partial charge in [-0.25, -0.2) is 0 Å². The number of unbranched alkanes of at least 4 members (excludes halogenated alkanes) is 4. The van der Waals surface area contributed by atoms with Crippen LogP contribution in [0.1, 0.15) is 58.1 Å². The number of ether oxygens (including phenoxy) is 1. The van der Waals surface area contributed by atoms with Gasteiger partial charge in [0, 0.05) is 45.5 Å². The molecule has 0 spiro atoms. The number of rotatable bonds is 12. The van der Waals surface area contributed by atoms with E-state index >= 15 is 0 Å². The fourth-order valence-electron chi connectivity index (χ4n) is 2.78. The van der Waals surface area contributed by atoms with Crippen LogP contribution in [0.2, 0.25) is 0 Å². The summed E-state index contributed by atoms with van der Waals surface area (Å²) in [5, 5.41) is 3.37. The summed E-state index contributed by atoms with van der Waals surface area (Å²) in [4.78, 5) is 18.2. The van der Waals surface area contributed by atoms with E-state index in [0.717, 1.165) is 57.7 Å². The number of hydrogen-bond acceptors (Lipinski definition) is 3. The monoisotopic (exact) mass is 364 g/mol. The molecule has 148 valence electrons. The van der Waals surface area contributed by atoms with Crippen molar-refractivity contribution in [3.8, 4) is 0 Å². The van der Waals surface area contributed by atoms with Crippen molar-refractivity contribution < 1.29 is 9.53 Å². The molecule has 0 unspecified atom stereocenters. The lowest BCUT2D eigenvalue weighted by Crippen LogP contribution is -2.38. The topological polar surface area (TPSA) is 58.9 Å². The Morgan fingerprint density at radius 1 is 1.23 bits per heavy atom. The van der Waals surface area contributed by atoms with Crippen molar-refractivity contribution >= 4 is 11.9 Å². The molecule has 0 aliphatic heterocycles. The van der Waals surface area contributed by atoms with Crippen molar-refractivity contribution in [1.29, 1.82) is 0 Å². The zero-order valence-electron chi connectivity index (χ0n) is 17.0. The Hall–Kier alpha value is -1.98. The molecule has 0 fully saturated rings. The summed E-state index contributed by atoms with van der Waals surface area (Å²) in [6.07, 6.45) is 7.97. The van der Waals surface area contributed by atoms with Crippen LogP contribution in [-0.4, -0.2) is 48.1 Å². The van der Waals surface area contributed by atoms with E-state index in [1.54, 1.807) is 0 Å². The second-order valence-corrected chi connectivity index (χ2v) is 6.52. The smallest absolute Gasteiger partial charge is 0.305 e. The fraction of sp³-hybridized carbons (Fsp3) is 0.700. The van der Waals surface area contributed by atoms with Gasteiger partial charge in [0.2, 0.25) is 0 Å². The minimum atomic E-state index is -0.0753. The summed E-state index contributed by atoms with van der Waals surface area (Å²) in [6.45, 7) is 6.95. The van der Waals surface area contributed by atoms with Crippen molar-refractivity contribution in [3.63, 3.8) is 0 Å². The first-order valence-electron chi connectivity index (χ1n) is 9.83. The molecule has 26 heavy (non-hydrogen) atoms. The normalized spacial score (nSPS) is 11.5. The SMILES string of the molecule is CCNC(=NCCCCCCCC(=O)OCC)N(C)Cc1cccn1C. The van der Waals surface area contributed by atoms with Crippen molar-refractivity contribution in [2.45, 2.75) is 58.9 Å². The molecule has 1 aromatic heterocycles. The molecule has 0 amide bonds. The average Bonchev–Trinajstić information content (AvgIpc) is 3.01. The van der Waals surface area contributed by atoms with Gasteiger partial charge in [0.05, 0.1) is 13.2 Å². The molecule has 0 aromatic carbocycles. The van der Waals surface area contributed by atoms with E-state index in [1.165, 1.54) is 5.69 Å². The maximum atomic E-state index is 11.3. The third kappa shape index (κ3) is 8.92. The van der Waals surface area contributed by atoms with E-state index < -0.39 is 0 Å². The second kappa shape index (κ2) is 13.3. The largest absolute Gasteiger partial charge is 0.466 e. The van der Waals surface area contributed by atoms with E-state index in [9.17, 15) is 4.79 Å². The van der Waals surface area contributed by atoms with Crippen molar-refractivity contribution in [3.05, 3.63) is 24.0 Å². The second-order valence-electron chi connectivity index (χ2n) is 6.52. The maximum Gasteiger partial charge on any atom is 0.305 e. The summed E-state index contributed by atoms with van der Waals surface area (Å²) >= 11 is 0. The standard InChI is InChI=1S/C20H36N4O2/c1-5-21-20(24(4)17-18-13-12-16-23(18)3)22-15-11-9-7-8-10-14-19(25)26-6-2/h12-13,16H,5-11,14-15,17H2,1-4H3,(H,21,22). The predicted octanol–water partition coefficient (Wildman–Crippen LogP) is 3.33. The Morgan fingerprint density at radius 3 is 2.62 bits per heavy atom. The third-order valence-corrected chi connectivity index (χ3v) is 4.25. The molecule has 0 aliphatic rings. The summed E-state index contributed by atoms with van der Waals surface area (Å²) < 4.78 is 7.07. The molecule has 1 heterocycles. The number of carbonyl (C=O) groups is 1. The number of hydrogen-bond donors (Lipinski definition) is 1. The molecule has 6 heteroatoms. The zero-order chi connectivity index (χ0) is 19.2. The van der Waals surface area contributed by atoms with Gasteiger partial charge in [-0.2, -0.15) is 0 Å². The van der Waals surface area contributed by atoms with Crippen LogP contribution >= 0.6 is 0 Å². The molecular formula is C20H36N4O2. The highest BCUT2D eigenvalue weighted by Gasteiger charge is 2.08. The first-order chi connectivity index (χ1) is 12.6. The molecule has 1 aromatic rings. The number of nitrogens with one attached hydrogen (secondary N) is 1. The van der Waals surface area contributed by atoms with Crippen LogP contribution in [0.15, 0.2) is 23.3 Å². The Bertz CT molecular complexity index is 540. The average molecular weight is 365 g/mol. The molecule has 1 rings (SSSR count). The molecule has 0 saturated carbocycles. The van der Waals surface area contributed by atoms with Crippen LogP contribution in [-0.2, 0) is 23.1 Å². The number of nitrogens with zero attached hydrogens (tertiary/aromatic N) is 3. The van der Waals surface area contributed by atoms with Gasteiger partial charge >= 0.3 is 5.97 Å². The molecule has 1 N–H and O–H groups in total. The number of aryl methyl sites for hydroxylation is 1. The van der Waals surface area contributed by atoms with Crippen molar-refractivity contribution in [2.75, 3.05) is 26.7 Å². The van der Waals surface area contributed by atoms with Gasteiger partial charge in [-0.05, 0) is 38.8 Å². The lowest BCUT2D eigenvalue weighted by atomic mass is 10.1. The molecule has 0 aliphatic carbocycles. The number of aliphatic imine (C=N–C) groups is 1. The van der Waals surface area contributed by atoms with Crippen molar-refractivity contribution in [1.82, 2.24) is 14.8 Å². The fourth-order valence-corrected chi connectivity index (χ4v) is 2.78. The van der Waals surface area contributed by atoms with Gasteiger partial charge in [0.15, 0.2) is 5.96 Å². The molecule has 0 bridgehead atoms.